The molecule has 0 radical (unpaired) electrons. The van der Waals surface area contributed by atoms with Gasteiger partial charge in [-0.25, -0.2) is 0 Å². The Labute approximate surface area is 74.5 Å². The monoisotopic (exact) mass is 166 g/mol. The van der Waals surface area contributed by atoms with Crippen LogP contribution in [0, 0.1) is 17.8 Å². The van der Waals surface area contributed by atoms with Gasteiger partial charge in [-0.3, -0.25) is 4.79 Å². The molecule has 2 bridgehead atoms. The van der Waals surface area contributed by atoms with Crippen LogP contribution in [0.4, 0.5) is 0 Å². The highest BCUT2D eigenvalue weighted by molar-refractivity contribution is 5.79. The van der Waals surface area contributed by atoms with Crippen molar-refractivity contribution in [1.29, 1.82) is 0 Å². The molecule has 2 aliphatic rings. The van der Waals surface area contributed by atoms with Gasteiger partial charge >= 0.3 is 0 Å². The van der Waals surface area contributed by atoms with E-state index in [-0.39, 0.29) is 0 Å². The number of rotatable bonds is 0. The van der Waals surface area contributed by atoms with Crippen LogP contribution in [0.5, 0.6) is 0 Å². The first kappa shape index (κ1) is 8.28. The van der Waals surface area contributed by atoms with Gasteiger partial charge in [0.1, 0.15) is 5.78 Å². The van der Waals surface area contributed by atoms with Crippen molar-refractivity contribution in [3.05, 3.63) is 0 Å². The van der Waals surface area contributed by atoms with Crippen molar-refractivity contribution in [1.82, 2.24) is 0 Å². The summed E-state index contributed by atoms with van der Waals surface area (Å²) in [6.45, 7) is 2.35. The molecule has 2 aliphatic carbocycles. The molecule has 0 aromatic carbocycles. The minimum atomic E-state index is 0.532. The third kappa shape index (κ3) is 1.41. The van der Waals surface area contributed by atoms with Crippen LogP contribution in [0.1, 0.15) is 45.4 Å². The SMILES string of the molecule is CC1C2CCCC[C@H]1CC(=O)C2. The van der Waals surface area contributed by atoms with Gasteiger partial charge < -0.3 is 0 Å². The molecule has 0 heterocycles. The third-order valence-corrected chi connectivity index (χ3v) is 3.87. The first-order chi connectivity index (χ1) is 5.77. The van der Waals surface area contributed by atoms with Gasteiger partial charge in [0.05, 0.1) is 0 Å². The second-order valence-electron chi connectivity index (χ2n) is 4.61. The molecule has 12 heavy (non-hydrogen) atoms. The van der Waals surface area contributed by atoms with Gasteiger partial charge in [0.15, 0.2) is 0 Å². The van der Waals surface area contributed by atoms with E-state index in [4.69, 9.17) is 0 Å². The van der Waals surface area contributed by atoms with E-state index >= 15 is 0 Å². The zero-order chi connectivity index (χ0) is 8.55. The summed E-state index contributed by atoms with van der Waals surface area (Å²) in [5.74, 6) is 2.83. The van der Waals surface area contributed by atoms with E-state index < -0.39 is 0 Å². The highest BCUT2D eigenvalue weighted by Gasteiger charge is 2.34. The Balaban J connectivity index is 2.13. The highest BCUT2D eigenvalue weighted by atomic mass is 16.1. The first-order valence-corrected chi connectivity index (χ1v) is 5.29. The van der Waals surface area contributed by atoms with Crippen molar-refractivity contribution >= 4 is 5.78 Å². The highest BCUT2D eigenvalue weighted by Crippen LogP contribution is 2.41. The summed E-state index contributed by atoms with van der Waals surface area (Å²) >= 11 is 0. The van der Waals surface area contributed by atoms with E-state index in [1.807, 2.05) is 0 Å². The third-order valence-electron chi connectivity index (χ3n) is 3.87. The molecule has 0 N–H and O–H groups in total. The molecule has 68 valence electrons. The fraction of sp³-hybridized carbons (Fsp3) is 0.909. The van der Waals surface area contributed by atoms with Crippen LogP contribution in [-0.2, 0) is 4.79 Å². The summed E-state index contributed by atoms with van der Waals surface area (Å²) in [4.78, 5) is 11.4. The van der Waals surface area contributed by atoms with Crippen LogP contribution in [0.15, 0.2) is 0 Å². The van der Waals surface area contributed by atoms with E-state index in [2.05, 4.69) is 6.92 Å². The molecule has 0 amide bonds. The second-order valence-corrected chi connectivity index (χ2v) is 4.61. The Morgan fingerprint density at radius 2 is 1.58 bits per heavy atom. The molecule has 2 unspecified atom stereocenters. The maximum atomic E-state index is 11.4. The van der Waals surface area contributed by atoms with Gasteiger partial charge in [0.25, 0.3) is 0 Å². The van der Waals surface area contributed by atoms with Gasteiger partial charge in [0.2, 0.25) is 0 Å². The first-order valence-electron chi connectivity index (χ1n) is 5.29. The van der Waals surface area contributed by atoms with Gasteiger partial charge in [0, 0.05) is 12.8 Å². The van der Waals surface area contributed by atoms with Crippen molar-refractivity contribution in [3.63, 3.8) is 0 Å². The Morgan fingerprint density at radius 1 is 1.08 bits per heavy atom. The molecule has 2 saturated carbocycles. The van der Waals surface area contributed by atoms with Crippen LogP contribution in [0.2, 0.25) is 0 Å². The number of carbonyl (C=O) groups is 1. The van der Waals surface area contributed by atoms with Gasteiger partial charge in [-0.05, 0) is 30.6 Å². The normalized spacial score (nSPS) is 42.4. The average Bonchev–Trinajstić information content (AvgIpc) is 2.19. The molecule has 1 heteroatoms. The van der Waals surface area contributed by atoms with Crippen molar-refractivity contribution in [2.24, 2.45) is 17.8 Å². The Hall–Kier alpha value is -0.330. The Morgan fingerprint density at radius 3 is 2.08 bits per heavy atom. The smallest absolute Gasteiger partial charge is 0.133 e. The lowest BCUT2D eigenvalue weighted by Crippen LogP contribution is -2.29. The number of ketones is 1. The minimum Gasteiger partial charge on any atom is -0.300 e. The minimum absolute atomic E-state index is 0.532. The van der Waals surface area contributed by atoms with Crippen molar-refractivity contribution in [2.45, 2.75) is 45.4 Å². The van der Waals surface area contributed by atoms with Crippen LogP contribution in [-0.4, -0.2) is 5.78 Å². The maximum absolute atomic E-state index is 11.4. The Kier molecular flexibility index (Phi) is 2.20. The second kappa shape index (κ2) is 3.20. The number of hydrogen-bond acceptors (Lipinski definition) is 1. The summed E-state index contributed by atoms with van der Waals surface area (Å²) in [6, 6.07) is 0. The molecule has 0 aromatic rings. The molecule has 0 spiro atoms. The summed E-state index contributed by atoms with van der Waals surface area (Å²) in [6.07, 6.45) is 7.11. The van der Waals surface area contributed by atoms with E-state index in [9.17, 15) is 4.79 Å². The van der Waals surface area contributed by atoms with Gasteiger partial charge in [-0.15, -0.1) is 0 Å². The van der Waals surface area contributed by atoms with Crippen molar-refractivity contribution < 1.29 is 4.79 Å². The predicted octanol–water partition coefficient (Wildman–Crippen LogP) is 2.79. The maximum Gasteiger partial charge on any atom is 0.133 e. The largest absolute Gasteiger partial charge is 0.300 e. The lowest BCUT2D eigenvalue weighted by Gasteiger charge is -2.32. The number of carbonyl (C=O) groups excluding carboxylic acids is 1. The van der Waals surface area contributed by atoms with Crippen LogP contribution >= 0.6 is 0 Å². The molecule has 2 fully saturated rings. The van der Waals surface area contributed by atoms with Crippen molar-refractivity contribution in [2.75, 3.05) is 0 Å². The molecular weight excluding hydrogens is 148 g/mol. The van der Waals surface area contributed by atoms with E-state index in [1.165, 1.54) is 25.7 Å². The van der Waals surface area contributed by atoms with Crippen molar-refractivity contribution in [3.8, 4) is 0 Å². The molecule has 0 saturated heterocycles. The molecule has 0 aliphatic heterocycles. The van der Waals surface area contributed by atoms with E-state index in [0.29, 0.717) is 5.78 Å². The number of fused-ring (bicyclic) bond motifs is 2. The Bertz CT molecular complexity index is 167. The fourth-order valence-electron chi connectivity index (χ4n) is 2.97. The zero-order valence-electron chi connectivity index (χ0n) is 7.88. The number of hydrogen-bond donors (Lipinski definition) is 0. The van der Waals surface area contributed by atoms with Crippen LogP contribution in [0.3, 0.4) is 0 Å². The summed E-state index contributed by atoms with van der Waals surface area (Å²) < 4.78 is 0. The van der Waals surface area contributed by atoms with Crippen LogP contribution < -0.4 is 0 Å². The summed E-state index contributed by atoms with van der Waals surface area (Å²) in [7, 11) is 0. The van der Waals surface area contributed by atoms with Crippen LogP contribution in [0.25, 0.3) is 0 Å². The molecular formula is C11H18O. The van der Waals surface area contributed by atoms with E-state index in [0.717, 1.165) is 30.6 Å². The molecule has 0 aromatic heterocycles. The average molecular weight is 166 g/mol. The molecule has 2 rings (SSSR count). The molecule has 3 atom stereocenters. The fourth-order valence-corrected chi connectivity index (χ4v) is 2.97. The molecule has 1 nitrogen and oxygen atoms in total. The lowest BCUT2D eigenvalue weighted by atomic mass is 9.72. The topological polar surface area (TPSA) is 17.1 Å². The summed E-state index contributed by atoms with van der Waals surface area (Å²) in [5, 5.41) is 0. The standard InChI is InChI=1S/C11H18O/c1-8-9-4-2-3-5-10(8)7-11(12)6-9/h8-10H,2-7H2,1H3/t8?,9-,10?/m0/s1. The summed E-state index contributed by atoms with van der Waals surface area (Å²) in [5.41, 5.74) is 0. The number of Topliss-reactive ketones (excluding diaryl/α,β-unsaturated/α-hetero) is 1. The van der Waals surface area contributed by atoms with Gasteiger partial charge in [-0.2, -0.15) is 0 Å². The lowest BCUT2D eigenvalue weighted by molar-refractivity contribution is -0.124. The van der Waals surface area contributed by atoms with Gasteiger partial charge in [-0.1, -0.05) is 19.8 Å². The quantitative estimate of drug-likeness (QED) is 0.541. The zero-order valence-corrected chi connectivity index (χ0v) is 7.88. The van der Waals surface area contributed by atoms with E-state index in [1.54, 1.807) is 0 Å². The predicted molar refractivity (Wildman–Crippen MR) is 48.9 cm³/mol.